The molecule has 0 saturated heterocycles. The molecule has 2 heteroatoms. The number of hydrogen-bond acceptors (Lipinski definition) is 1. The van der Waals surface area contributed by atoms with Gasteiger partial charge in [0.15, 0.2) is 4.67 Å². The molecule has 1 nitrogen and oxygen atoms in total. The summed E-state index contributed by atoms with van der Waals surface area (Å²) in [6.07, 6.45) is 1.74. The van der Waals surface area contributed by atoms with Gasteiger partial charge < -0.3 is 4.42 Å². The van der Waals surface area contributed by atoms with Crippen LogP contribution in [0, 0.1) is 0 Å². The zero-order valence-corrected chi connectivity index (χ0v) is 10.2. The molecule has 0 unspecified atom stereocenters. The Hall–Kier alpha value is -1.54. The highest BCUT2D eigenvalue weighted by Crippen LogP contribution is 2.24. The van der Waals surface area contributed by atoms with E-state index in [1.807, 2.05) is 60.7 Å². The summed E-state index contributed by atoms with van der Waals surface area (Å²) in [4.78, 5) is 0. The second-order valence-corrected chi connectivity index (χ2v) is 3.97. The summed E-state index contributed by atoms with van der Waals surface area (Å²) in [6, 6.07) is 20.0. The number of halogens is 1. The second kappa shape index (κ2) is 5.52. The zero-order valence-electron chi connectivity index (χ0n) is 8.64. The standard InChI is InChI=1S/C8H5BrO.C6H6/c9-8-7-4-2-1-3-6(7)5-10-8;1-2-4-6-5-3-1/h1-5H;1-6H. The summed E-state index contributed by atoms with van der Waals surface area (Å²) < 4.78 is 5.94. The molecule has 0 atom stereocenters. The van der Waals surface area contributed by atoms with Crippen LogP contribution in [0.5, 0.6) is 0 Å². The Morgan fingerprint density at radius 1 is 0.750 bits per heavy atom. The number of fused-ring (bicyclic) bond motifs is 1. The predicted molar refractivity (Wildman–Crippen MR) is 70.4 cm³/mol. The van der Waals surface area contributed by atoms with Crippen LogP contribution in [0.1, 0.15) is 0 Å². The maximum Gasteiger partial charge on any atom is 0.176 e. The van der Waals surface area contributed by atoms with Gasteiger partial charge in [0, 0.05) is 10.8 Å². The molecule has 2 aromatic carbocycles. The van der Waals surface area contributed by atoms with Crippen molar-refractivity contribution in [3.05, 3.63) is 71.6 Å². The third-order valence-corrected chi connectivity index (χ3v) is 2.74. The van der Waals surface area contributed by atoms with E-state index >= 15 is 0 Å². The summed E-state index contributed by atoms with van der Waals surface area (Å²) in [7, 11) is 0. The van der Waals surface area contributed by atoms with E-state index in [0.717, 1.165) is 15.4 Å². The summed E-state index contributed by atoms with van der Waals surface area (Å²) in [5.74, 6) is 0. The lowest BCUT2D eigenvalue weighted by Crippen LogP contribution is -1.60. The van der Waals surface area contributed by atoms with Crippen LogP contribution < -0.4 is 0 Å². The van der Waals surface area contributed by atoms with E-state index in [1.54, 1.807) is 6.26 Å². The predicted octanol–water partition coefficient (Wildman–Crippen LogP) is 4.88. The van der Waals surface area contributed by atoms with Crippen LogP contribution in [0.2, 0.25) is 0 Å². The quantitative estimate of drug-likeness (QED) is 0.569. The lowest BCUT2D eigenvalue weighted by molar-refractivity contribution is 0.547. The third kappa shape index (κ3) is 2.74. The molecule has 16 heavy (non-hydrogen) atoms. The maximum absolute atomic E-state index is 5.13. The Morgan fingerprint density at radius 2 is 1.31 bits per heavy atom. The normalized spacial score (nSPS) is 9.56. The largest absolute Gasteiger partial charge is 0.456 e. The first kappa shape index (κ1) is 11.0. The Labute approximate surface area is 103 Å². The molecule has 1 heterocycles. The van der Waals surface area contributed by atoms with Gasteiger partial charge in [-0.1, -0.05) is 54.6 Å². The number of furan rings is 1. The topological polar surface area (TPSA) is 13.1 Å². The Morgan fingerprint density at radius 3 is 1.88 bits per heavy atom. The smallest absolute Gasteiger partial charge is 0.176 e. The molecular formula is C14H11BrO. The van der Waals surface area contributed by atoms with Crippen molar-refractivity contribution in [3.8, 4) is 0 Å². The van der Waals surface area contributed by atoms with Crippen molar-refractivity contribution in [3.63, 3.8) is 0 Å². The van der Waals surface area contributed by atoms with Crippen molar-refractivity contribution in [2.75, 3.05) is 0 Å². The average molecular weight is 275 g/mol. The zero-order chi connectivity index (χ0) is 11.2. The molecule has 3 rings (SSSR count). The Bertz CT molecular complexity index is 516. The third-order valence-electron chi connectivity index (χ3n) is 2.13. The lowest BCUT2D eigenvalue weighted by atomic mass is 10.2. The minimum Gasteiger partial charge on any atom is -0.456 e. The molecule has 0 aliphatic heterocycles. The molecule has 1 aromatic heterocycles. The van der Waals surface area contributed by atoms with Crippen molar-refractivity contribution >= 4 is 26.7 Å². The SMILES string of the molecule is Brc1occ2ccccc12.c1ccccc1. The Balaban J connectivity index is 0.000000138. The van der Waals surface area contributed by atoms with Crippen LogP contribution in [-0.2, 0) is 0 Å². The van der Waals surface area contributed by atoms with Gasteiger partial charge in [-0.25, -0.2) is 0 Å². The summed E-state index contributed by atoms with van der Waals surface area (Å²) in [6.45, 7) is 0. The van der Waals surface area contributed by atoms with Gasteiger partial charge in [-0.2, -0.15) is 0 Å². The van der Waals surface area contributed by atoms with Crippen LogP contribution in [0.3, 0.4) is 0 Å². The minimum atomic E-state index is 0.808. The highest BCUT2D eigenvalue weighted by Gasteiger charge is 1.98. The first-order valence-electron chi connectivity index (χ1n) is 4.99. The van der Waals surface area contributed by atoms with Crippen LogP contribution in [0.15, 0.2) is 76.0 Å². The number of benzene rings is 2. The molecule has 80 valence electrons. The molecule has 0 radical (unpaired) electrons. The van der Waals surface area contributed by atoms with Gasteiger partial charge in [0.1, 0.15) is 0 Å². The van der Waals surface area contributed by atoms with E-state index < -0.39 is 0 Å². The minimum absolute atomic E-state index is 0.808. The second-order valence-electron chi connectivity index (χ2n) is 3.25. The molecular weight excluding hydrogens is 264 g/mol. The van der Waals surface area contributed by atoms with Gasteiger partial charge in [-0.05, 0) is 22.0 Å². The first-order chi connectivity index (χ1) is 7.88. The van der Waals surface area contributed by atoms with Gasteiger partial charge in [-0.15, -0.1) is 0 Å². The van der Waals surface area contributed by atoms with E-state index in [9.17, 15) is 0 Å². The van der Waals surface area contributed by atoms with Gasteiger partial charge in [0.25, 0.3) is 0 Å². The van der Waals surface area contributed by atoms with E-state index in [4.69, 9.17) is 4.42 Å². The van der Waals surface area contributed by atoms with Crippen molar-refractivity contribution < 1.29 is 4.42 Å². The molecule has 0 amide bonds. The molecule has 0 bridgehead atoms. The lowest BCUT2D eigenvalue weighted by Gasteiger charge is -1.83. The van der Waals surface area contributed by atoms with Crippen LogP contribution in [0.25, 0.3) is 10.8 Å². The van der Waals surface area contributed by atoms with E-state index in [2.05, 4.69) is 15.9 Å². The van der Waals surface area contributed by atoms with Gasteiger partial charge in [-0.3, -0.25) is 0 Å². The summed E-state index contributed by atoms with van der Waals surface area (Å²) in [5, 5.41) is 2.26. The fraction of sp³-hybridized carbons (Fsp3) is 0. The van der Waals surface area contributed by atoms with E-state index in [-0.39, 0.29) is 0 Å². The Kier molecular flexibility index (Phi) is 3.78. The molecule has 0 aliphatic carbocycles. The molecule has 0 fully saturated rings. The molecule has 0 saturated carbocycles. The van der Waals surface area contributed by atoms with Gasteiger partial charge in [0.05, 0.1) is 6.26 Å². The monoisotopic (exact) mass is 274 g/mol. The highest BCUT2D eigenvalue weighted by atomic mass is 79.9. The molecule has 0 N–H and O–H groups in total. The van der Waals surface area contributed by atoms with Crippen LogP contribution in [0.4, 0.5) is 0 Å². The van der Waals surface area contributed by atoms with Crippen molar-refractivity contribution in [2.45, 2.75) is 0 Å². The molecule has 0 spiro atoms. The van der Waals surface area contributed by atoms with Crippen LogP contribution in [-0.4, -0.2) is 0 Å². The van der Waals surface area contributed by atoms with Crippen molar-refractivity contribution in [1.29, 1.82) is 0 Å². The van der Waals surface area contributed by atoms with Crippen molar-refractivity contribution in [2.24, 2.45) is 0 Å². The fourth-order valence-electron chi connectivity index (χ4n) is 1.34. The van der Waals surface area contributed by atoms with E-state index in [0.29, 0.717) is 0 Å². The summed E-state index contributed by atoms with van der Waals surface area (Å²) in [5.41, 5.74) is 0. The fourth-order valence-corrected chi connectivity index (χ4v) is 1.80. The average Bonchev–Trinajstić information content (AvgIpc) is 2.75. The van der Waals surface area contributed by atoms with Crippen molar-refractivity contribution in [1.82, 2.24) is 0 Å². The summed E-state index contributed by atoms with van der Waals surface area (Å²) >= 11 is 3.30. The first-order valence-corrected chi connectivity index (χ1v) is 5.79. The maximum atomic E-state index is 5.13. The number of hydrogen-bond donors (Lipinski definition) is 0. The van der Waals surface area contributed by atoms with Gasteiger partial charge in [0.2, 0.25) is 0 Å². The molecule has 3 aromatic rings. The van der Waals surface area contributed by atoms with E-state index in [1.165, 1.54) is 0 Å². The van der Waals surface area contributed by atoms with Gasteiger partial charge >= 0.3 is 0 Å². The molecule has 0 aliphatic rings. The van der Waals surface area contributed by atoms with Crippen LogP contribution >= 0.6 is 15.9 Å². The highest BCUT2D eigenvalue weighted by molar-refractivity contribution is 9.10. The number of rotatable bonds is 0.